The summed E-state index contributed by atoms with van der Waals surface area (Å²) < 4.78 is 0. The van der Waals surface area contributed by atoms with Crippen LogP contribution in [0, 0.1) is 5.92 Å². The Kier molecular flexibility index (Phi) is 4.58. The van der Waals surface area contributed by atoms with Gasteiger partial charge >= 0.3 is 0 Å². The molecule has 0 aromatic carbocycles. The van der Waals surface area contributed by atoms with Crippen LogP contribution in [-0.4, -0.2) is 17.7 Å². The summed E-state index contributed by atoms with van der Waals surface area (Å²) in [7, 11) is 0. The molecule has 0 saturated carbocycles. The summed E-state index contributed by atoms with van der Waals surface area (Å²) in [4.78, 5) is 1.05. The minimum absolute atomic E-state index is 0.152. The molecule has 1 aromatic rings. The van der Waals surface area contributed by atoms with Gasteiger partial charge in [0, 0.05) is 10.9 Å². The van der Waals surface area contributed by atoms with Crippen LogP contribution in [0.15, 0.2) is 17.5 Å². The third-order valence-corrected chi connectivity index (χ3v) is 3.28. The van der Waals surface area contributed by atoms with Crippen molar-refractivity contribution in [2.45, 2.75) is 32.9 Å². The Balaban J connectivity index is 2.68. The van der Waals surface area contributed by atoms with E-state index in [9.17, 15) is 5.11 Å². The van der Waals surface area contributed by atoms with Crippen LogP contribution in [0.5, 0.6) is 0 Å². The van der Waals surface area contributed by atoms with Gasteiger partial charge in [0.1, 0.15) is 6.10 Å². The van der Waals surface area contributed by atoms with E-state index in [2.05, 4.69) is 26.1 Å². The van der Waals surface area contributed by atoms with Crippen LogP contribution in [0.3, 0.4) is 0 Å². The van der Waals surface area contributed by atoms with E-state index < -0.39 is 0 Å². The molecule has 2 N–H and O–H groups in total. The van der Waals surface area contributed by atoms with Gasteiger partial charge in [-0.05, 0) is 23.9 Å². The third-order valence-electron chi connectivity index (χ3n) is 2.33. The molecule has 3 heteroatoms. The fourth-order valence-corrected chi connectivity index (χ4v) is 2.34. The predicted octanol–water partition coefficient (Wildman–Crippen LogP) is 2.42. The number of hydrogen-bond acceptors (Lipinski definition) is 3. The van der Waals surface area contributed by atoms with Crippen LogP contribution in [-0.2, 0) is 0 Å². The first-order chi connectivity index (χ1) is 6.66. The van der Waals surface area contributed by atoms with Crippen molar-refractivity contribution in [2.75, 3.05) is 6.54 Å². The molecule has 1 rings (SSSR count). The maximum absolute atomic E-state index is 10.1. The first kappa shape index (κ1) is 11.7. The lowest BCUT2D eigenvalue weighted by atomic mass is 9.97. The Morgan fingerprint density at radius 2 is 2.21 bits per heavy atom. The predicted molar refractivity (Wildman–Crippen MR) is 61.6 cm³/mol. The molecule has 0 amide bonds. The fourth-order valence-electron chi connectivity index (χ4n) is 1.58. The smallest absolute Gasteiger partial charge is 0.104 e. The Labute approximate surface area is 90.0 Å². The third kappa shape index (κ3) is 2.80. The Bertz CT molecular complexity index is 246. The van der Waals surface area contributed by atoms with Crippen LogP contribution in [0.2, 0.25) is 0 Å². The fraction of sp³-hybridized carbons (Fsp3) is 0.636. The Hall–Kier alpha value is -0.380. The minimum atomic E-state index is -0.380. The van der Waals surface area contributed by atoms with E-state index in [-0.39, 0.29) is 12.1 Å². The van der Waals surface area contributed by atoms with Gasteiger partial charge in [0.15, 0.2) is 0 Å². The summed E-state index contributed by atoms with van der Waals surface area (Å²) in [6.45, 7) is 7.22. The Morgan fingerprint density at radius 1 is 1.50 bits per heavy atom. The van der Waals surface area contributed by atoms with Crippen molar-refractivity contribution in [2.24, 2.45) is 5.92 Å². The molecule has 1 heterocycles. The number of aliphatic hydroxyl groups excluding tert-OH is 1. The van der Waals surface area contributed by atoms with Crippen molar-refractivity contribution in [3.8, 4) is 0 Å². The van der Waals surface area contributed by atoms with Gasteiger partial charge in [0.05, 0.1) is 0 Å². The second-order valence-electron chi connectivity index (χ2n) is 3.79. The van der Waals surface area contributed by atoms with Gasteiger partial charge in [-0.25, -0.2) is 0 Å². The average Bonchev–Trinajstić information content (AvgIpc) is 2.65. The highest BCUT2D eigenvalue weighted by atomic mass is 32.1. The van der Waals surface area contributed by atoms with Crippen LogP contribution in [0.25, 0.3) is 0 Å². The van der Waals surface area contributed by atoms with Gasteiger partial charge in [-0.1, -0.05) is 26.8 Å². The lowest BCUT2D eigenvalue weighted by Crippen LogP contribution is -2.38. The van der Waals surface area contributed by atoms with E-state index in [4.69, 9.17) is 0 Å². The summed E-state index contributed by atoms with van der Waals surface area (Å²) in [6, 6.07) is 4.12. The van der Waals surface area contributed by atoms with E-state index >= 15 is 0 Å². The molecular formula is C11H19NOS. The van der Waals surface area contributed by atoms with Crippen molar-refractivity contribution >= 4 is 11.3 Å². The topological polar surface area (TPSA) is 32.3 Å². The molecule has 0 radical (unpaired) electrons. The zero-order chi connectivity index (χ0) is 10.6. The number of rotatable bonds is 5. The molecule has 2 atom stereocenters. The van der Waals surface area contributed by atoms with Gasteiger partial charge in [-0.3, -0.25) is 0 Å². The molecule has 80 valence electrons. The highest BCUT2D eigenvalue weighted by Gasteiger charge is 2.23. The molecule has 2 unspecified atom stereocenters. The van der Waals surface area contributed by atoms with Crippen LogP contribution in [0.4, 0.5) is 0 Å². The molecule has 0 spiro atoms. The Morgan fingerprint density at radius 3 is 2.64 bits per heavy atom. The van der Waals surface area contributed by atoms with E-state index in [0.717, 1.165) is 11.4 Å². The maximum atomic E-state index is 10.1. The number of aliphatic hydroxyl groups is 1. The second-order valence-corrected chi connectivity index (χ2v) is 4.77. The zero-order valence-corrected chi connectivity index (χ0v) is 9.84. The lowest BCUT2D eigenvalue weighted by Gasteiger charge is -2.26. The highest BCUT2D eigenvalue weighted by Crippen LogP contribution is 2.25. The van der Waals surface area contributed by atoms with Gasteiger partial charge in [0.25, 0.3) is 0 Å². The first-order valence-corrected chi connectivity index (χ1v) is 5.99. The molecule has 0 aliphatic heterocycles. The zero-order valence-electron chi connectivity index (χ0n) is 9.03. The van der Waals surface area contributed by atoms with Crippen LogP contribution in [0.1, 0.15) is 31.8 Å². The van der Waals surface area contributed by atoms with Crippen molar-refractivity contribution in [3.05, 3.63) is 22.4 Å². The maximum Gasteiger partial charge on any atom is 0.104 e. The normalized spacial score (nSPS) is 15.8. The summed E-state index contributed by atoms with van der Waals surface area (Å²) in [5, 5.41) is 15.4. The highest BCUT2D eigenvalue weighted by molar-refractivity contribution is 7.10. The summed E-state index contributed by atoms with van der Waals surface area (Å²) >= 11 is 1.61. The number of thiophene rings is 1. The second kappa shape index (κ2) is 5.49. The summed E-state index contributed by atoms with van der Waals surface area (Å²) in [5.41, 5.74) is 0. The first-order valence-electron chi connectivity index (χ1n) is 5.11. The van der Waals surface area contributed by atoms with Crippen LogP contribution < -0.4 is 5.32 Å². The van der Waals surface area contributed by atoms with Gasteiger partial charge in [-0.15, -0.1) is 11.3 Å². The molecule has 0 aliphatic rings. The van der Waals surface area contributed by atoms with E-state index in [1.54, 1.807) is 11.3 Å². The van der Waals surface area contributed by atoms with Crippen molar-refractivity contribution in [3.63, 3.8) is 0 Å². The lowest BCUT2D eigenvalue weighted by molar-refractivity contribution is 0.109. The summed E-state index contributed by atoms with van der Waals surface area (Å²) in [5.74, 6) is 0.437. The number of likely N-dealkylation sites (N-methyl/N-ethyl adjacent to an activating group) is 1. The quantitative estimate of drug-likeness (QED) is 0.787. The van der Waals surface area contributed by atoms with Gasteiger partial charge in [-0.2, -0.15) is 0 Å². The van der Waals surface area contributed by atoms with E-state index in [0.29, 0.717) is 5.92 Å². The monoisotopic (exact) mass is 213 g/mol. The van der Waals surface area contributed by atoms with E-state index in [1.807, 2.05) is 17.5 Å². The standard InChI is InChI=1S/C11H19NOS/c1-4-12-10(8(2)3)11(13)9-6-5-7-14-9/h5-8,10-13H,4H2,1-3H3. The number of nitrogens with one attached hydrogen (secondary N) is 1. The molecule has 14 heavy (non-hydrogen) atoms. The van der Waals surface area contributed by atoms with Gasteiger partial charge < -0.3 is 10.4 Å². The SMILES string of the molecule is CCNC(C(C)C)C(O)c1cccs1. The van der Waals surface area contributed by atoms with E-state index in [1.165, 1.54) is 0 Å². The van der Waals surface area contributed by atoms with Crippen molar-refractivity contribution in [1.82, 2.24) is 5.32 Å². The van der Waals surface area contributed by atoms with Crippen molar-refractivity contribution in [1.29, 1.82) is 0 Å². The molecule has 1 aromatic heterocycles. The largest absolute Gasteiger partial charge is 0.386 e. The molecule has 2 nitrogen and oxygen atoms in total. The average molecular weight is 213 g/mol. The molecular weight excluding hydrogens is 194 g/mol. The minimum Gasteiger partial charge on any atom is -0.386 e. The molecule has 0 fully saturated rings. The van der Waals surface area contributed by atoms with Crippen LogP contribution >= 0.6 is 11.3 Å². The summed E-state index contributed by atoms with van der Waals surface area (Å²) in [6.07, 6.45) is -0.380. The van der Waals surface area contributed by atoms with Gasteiger partial charge in [0.2, 0.25) is 0 Å². The molecule has 0 aliphatic carbocycles. The van der Waals surface area contributed by atoms with Crippen molar-refractivity contribution < 1.29 is 5.11 Å². The molecule has 0 saturated heterocycles. The molecule has 0 bridgehead atoms. The number of hydrogen-bond donors (Lipinski definition) is 2.